The van der Waals surface area contributed by atoms with Crippen molar-refractivity contribution in [1.29, 1.82) is 0 Å². The predicted molar refractivity (Wildman–Crippen MR) is 131 cm³/mol. The highest BCUT2D eigenvalue weighted by atomic mass is 16.1. The second-order valence-corrected chi connectivity index (χ2v) is 9.29. The largest absolute Gasteiger partial charge is 0.326 e. The summed E-state index contributed by atoms with van der Waals surface area (Å²) in [7, 11) is 0. The van der Waals surface area contributed by atoms with Gasteiger partial charge in [0.1, 0.15) is 6.34 Å². The van der Waals surface area contributed by atoms with E-state index in [-0.39, 0.29) is 11.8 Å². The number of fused-ring (bicyclic) bond motifs is 1. The quantitative estimate of drug-likeness (QED) is 0.399. The number of unbranched alkanes of at least 4 members (excludes halogenated alkanes) is 1. The van der Waals surface area contributed by atoms with Crippen molar-refractivity contribution in [3.63, 3.8) is 0 Å². The lowest BCUT2D eigenvalue weighted by Crippen LogP contribution is -2.49. The summed E-state index contributed by atoms with van der Waals surface area (Å²) in [5.41, 5.74) is 7.93. The number of hydrogen-bond donors (Lipinski definition) is 2. The van der Waals surface area contributed by atoms with Gasteiger partial charge in [-0.2, -0.15) is 5.10 Å². The van der Waals surface area contributed by atoms with Gasteiger partial charge in [0, 0.05) is 24.7 Å². The first-order chi connectivity index (χ1) is 15.7. The molecule has 1 saturated carbocycles. The zero-order chi connectivity index (χ0) is 22.3. The van der Waals surface area contributed by atoms with Crippen LogP contribution in [0.3, 0.4) is 0 Å². The molecule has 1 aromatic rings. The minimum absolute atomic E-state index is 0.126. The van der Waals surface area contributed by atoms with Crippen molar-refractivity contribution in [3.8, 4) is 0 Å². The number of nitrogens with one attached hydrogen (secondary N) is 2. The van der Waals surface area contributed by atoms with Crippen LogP contribution in [0, 0.1) is 0 Å². The number of nitrogens with zero attached hydrogens (tertiary/aromatic N) is 3. The van der Waals surface area contributed by atoms with Crippen molar-refractivity contribution in [1.82, 2.24) is 15.7 Å². The summed E-state index contributed by atoms with van der Waals surface area (Å²) >= 11 is 0. The molecule has 1 aromatic carbocycles. The highest BCUT2D eigenvalue weighted by Crippen LogP contribution is 2.39. The summed E-state index contributed by atoms with van der Waals surface area (Å²) in [6.07, 6.45) is 17.7. The molecule has 2 aliphatic heterocycles. The average molecular weight is 436 g/mol. The molecule has 1 amide bonds. The summed E-state index contributed by atoms with van der Waals surface area (Å²) in [6.45, 7) is 8.74. The average Bonchev–Trinajstić information content (AvgIpc) is 3.26. The molecule has 1 aliphatic carbocycles. The number of carbonyl (C=O) groups is 1. The molecule has 3 aliphatic rings. The third-order valence-electron chi connectivity index (χ3n) is 6.93. The Hall–Kier alpha value is -2.60. The van der Waals surface area contributed by atoms with E-state index in [1.54, 1.807) is 0 Å². The van der Waals surface area contributed by atoms with Gasteiger partial charge in [-0.05, 0) is 67.2 Å². The Balaban J connectivity index is 1.37. The fourth-order valence-corrected chi connectivity index (χ4v) is 5.47. The van der Waals surface area contributed by atoms with Gasteiger partial charge >= 0.3 is 0 Å². The number of benzene rings is 1. The van der Waals surface area contributed by atoms with E-state index in [1.165, 1.54) is 48.8 Å². The first kappa shape index (κ1) is 22.6. The number of allylic oxidation sites excluding steroid dienone is 2. The number of carbonyl (C=O) groups excluding carboxylic acids is 1. The van der Waals surface area contributed by atoms with Gasteiger partial charge in [0.15, 0.2) is 0 Å². The van der Waals surface area contributed by atoms with Crippen molar-refractivity contribution in [3.05, 3.63) is 54.1 Å². The van der Waals surface area contributed by atoms with Crippen molar-refractivity contribution < 1.29 is 4.79 Å². The van der Waals surface area contributed by atoms with Crippen LogP contribution in [0.15, 0.2) is 42.5 Å². The van der Waals surface area contributed by atoms with Crippen LogP contribution in [0.4, 0.5) is 5.69 Å². The van der Waals surface area contributed by atoms with Crippen LogP contribution >= 0.6 is 0 Å². The van der Waals surface area contributed by atoms with Crippen LogP contribution in [0.5, 0.6) is 0 Å². The van der Waals surface area contributed by atoms with E-state index in [1.807, 2.05) is 18.5 Å². The molecule has 172 valence electrons. The predicted octanol–water partition coefficient (Wildman–Crippen LogP) is 5.05. The molecule has 0 aromatic heterocycles. The molecule has 1 unspecified atom stereocenters. The lowest BCUT2D eigenvalue weighted by Gasteiger charge is -2.36. The maximum atomic E-state index is 12.4. The second-order valence-electron chi connectivity index (χ2n) is 9.29. The summed E-state index contributed by atoms with van der Waals surface area (Å²) in [6, 6.07) is 4.96. The van der Waals surface area contributed by atoms with Crippen molar-refractivity contribution in [2.24, 2.45) is 5.10 Å². The molecule has 0 radical (unpaired) electrons. The van der Waals surface area contributed by atoms with Gasteiger partial charge < -0.3 is 5.32 Å². The lowest BCUT2D eigenvalue weighted by molar-refractivity contribution is -0.116. The summed E-state index contributed by atoms with van der Waals surface area (Å²) in [4.78, 5) is 12.4. The molecule has 32 heavy (non-hydrogen) atoms. The molecule has 0 spiro atoms. The van der Waals surface area contributed by atoms with Gasteiger partial charge in [-0.3, -0.25) is 9.80 Å². The summed E-state index contributed by atoms with van der Waals surface area (Å²) < 4.78 is 0. The summed E-state index contributed by atoms with van der Waals surface area (Å²) in [5, 5.41) is 11.9. The van der Waals surface area contributed by atoms with E-state index in [4.69, 9.17) is 0 Å². The fourth-order valence-electron chi connectivity index (χ4n) is 5.47. The SMILES string of the molecule is C=CCc1cc(CC=C)c2c(c1)NC(=O)CC2CCCCN1NN=CN1C1CCCCC1. The Morgan fingerprint density at radius 3 is 2.69 bits per heavy atom. The van der Waals surface area contributed by atoms with E-state index >= 15 is 0 Å². The molecule has 2 heterocycles. The maximum absolute atomic E-state index is 12.4. The van der Waals surface area contributed by atoms with Crippen molar-refractivity contribution in [2.75, 3.05) is 11.9 Å². The molecule has 6 nitrogen and oxygen atoms in total. The number of rotatable bonds is 10. The first-order valence-corrected chi connectivity index (χ1v) is 12.2. The van der Waals surface area contributed by atoms with Gasteiger partial charge in [0.25, 0.3) is 0 Å². The van der Waals surface area contributed by atoms with Crippen LogP contribution in [-0.4, -0.2) is 35.0 Å². The van der Waals surface area contributed by atoms with Gasteiger partial charge in [0.05, 0.1) is 0 Å². The van der Waals surface area contributed by atoms with Crippen LogP contribution < -0.4 is 10.9 Å². The smallest absolute Gasteiger partial charge is 0.224 e. The van der Waals surface area contributed by atoms with Crippen LogP contribution in [0.25, 0.3) is 0 Å². The minimum atomic E-state index is 0.126. The molecule has 6 heteroatoms. The van der Waals surface area contributed by atoms with E-state index in [2.05, 4.69) is 51.4 Å². The van der Waals surface area contributed by atoms with E-state index in [0.29, 0.717) is 12.5 Å². The minimum Gasteiger partial charge on any atom is -0.326 e. The Labute approximate surface area is 192 Å². The van der Waals surface area contributed by atoms with Gasteiger partial charge in [-0.15, -0.1) is 18.3 Å². The normalized spacial score (nSPS) is 21.2. The highest BCUT2D eigenvalue weighted by Gasteiger charge is 2.29. The monoisotopic (exact) mass is 435 g/mol. The standard InChI is InChI=1S/C26H37N5O/c1-3-10-20-16-21(11-4-2)26-22(18-25(32)28-24(26)17-20)12-8-9-15-31-29-27-19-30(31)23-13-6-5-7-14-23/h3-4,16-17,19,22-23,29H,1-2,5-15,18H2,(H,28,32). The Morgan fingerprint density at radius 2 is 1.91 bits per heavy atom. The van der Waals surface area contributed by atoms with E-state index in [9.17, 15) is 4.79 Å². The Bertz CT molecular complexity index is 841. The first-order valence-electron chi connectivity index (χ1n) is 12.2. The number of hydrazone groups is 1. The van der Waals surface area contributed by atoms with Crippen LogP contribution in [-0.2, 0) is 17.6 Å². The molecule has 0 saturated heterocycles. The fraction of sp³-hybridized carbons (Fsp3) is 0.538. The van der Waals surface area contributed by atoms with E-state index in [0.717, 1.165) is 44.3 Å². The molecular formula is C26H37N5O. The second kappa shape index (κ2) is 10.8. The number of anilines is 1. The number of hydrazine groups is 2. The number of amides is 1. The topological polar surface area (TPSA) is 60.0 Å². The zero-order valence-electron chi connectivity index (χ0n) is 19.2. The van der Waals surface area contributed by atoms with Gasteiger partial charge in [-0.25, -0.2) is 5.53 Å². The third kappa shape index (κ3) is 5.23. The Kier molecular flexibility index (Phi) is 7.63. The van der Waals surface area contributed by atoms with Crippen molar-refractivity contribution in [2.45, 2.75) is 82.6 Å². The molecule has 2 N–H and O–H groups in total. The summed E-state index contributed by atoms with van der Waals surface area (Å²) in [5.74, 6) is 0.393. The zero-order valence-corrected chi connectivity index (χ0v) is 19.2. The van der Waals surface area contributed by atoms with Gasteiger partial charge in [-0.1, -0.05) is 43.9 Å². The molecule has 1 atom stereocenters. The van der Waals surface area contributed by atoms with E-state index < -0.39 is 0 Å². The third-order valence-corrected chi connectivity index (χ3v) is 6.93. The van der Waals surface area contributed by atoms with Crippen LogP contribution in [0.2, 0.25) is 0 Å². The van der Waals surface area contributed by atoms with Crippen molar-refractivity contribution >= 4 is 17.9 Å². The number of hydrogen-bond acceptors (Lipinski definition) is 5. The lowest BCUT2D eigenvalue weighted by atomic mass is 9.81. The van der Waals surface area contributed by atoms with Crippen LogP contribution in [0.1, 0.15) is 80.4 Å². The molecule has 4 rings (SSSR count). The highest BCUT2D eigenvalue weighted by molar-refractivity contribution is 5.95. The Morgan fingerprint density at radius 1 is 1.09 bits per heavy atom. The molecule has 0 bridgehead atoms. The van der Waals surface area contributed by atoms with Gasteiger partial charge in [0.2, 0.25) is 5.91 Å². The molecular weight excluding hydrogens is 398 g/mol. The molecule has 1 fully saturated rings. The maximum Gasteiger partial charge on any atom is 0.224 e.